The van der Waals surface area contributed by atoms with E-state index in [1.54, 1.807) is 12.0 Å². The van der Waals surface area contributed by atoms with E-state index in [1.807, 2.05) is 0 Å². The number of aliphatic hydroxyl groups is 1. The zero-order chi connectivity index (χ0) is 12.0. The lowest BCUT2D eigenvalue weighted by Gasteiger charge is -2.31. The lowest BCUT2D eigenvalue weighted by Crippen LogP contribution is -2.49. The highest BCUT2D eigenvalue weighted by atomic mass is 16.5. The minimum Gasteiger partial charge on any atom is -0.391 e. The number of amides is 1. The minimum atomic E-state index is -0.458. The average molecular weight is 230 g/mol. The van der Waals surface area contributed by atoms with Crippen molar-refractivity contribution in [2.24, 2.45) is 5.73 Å². The van der Waals surface area contributed by atoms with E-state index in [1.165, 1.54) is 0 Å². The normalized spacial score (nSPS) is 23.2. The van der Waals surface area contributed by atoms with Gasteiger partial charge in [-0.1, -0.05) is 0 Å². The van der Waals surface area contributed by atoms with Crippen LogP contribution >= 0.6 is 0 Å². The number of likely N-dealkylation sites (tertiary alicyclic amines) is 1. The van der Waals surface area contributed by atoms with Crippen molar-refractivity contribution < 1.29 is 14.6 Å². The van der Waals surface area contributed by atoms with E-state index in [0.717, 1.165) is 19.3 Å². The Morgan fingerprint density at radius 1 is 1.69 bits per heavy atom. The number of aliphatic hydroxyl groups excluding tert-OH is 1. The van der Waals surface area contributed by atoms with Crippen LogP contribution < -0.4 is 5.73 Å². The number of nitrogens with two attached hydrogens (primary N) is 1. The average Bonchev–Trinajstić information content (AvgIpc) is 2.28. The maximum absolute atomic E-state index is 11.9. The van der Waals surface area contributed by atoms with Crippen molar-refractivity contribution in [3.8, 4) is 0 Å². The van der Waals surface area contributed by atoms with Gasteiger partial charge in [0, 0.05) is 26.8 Å². The SMILES string of the molecule is COCCCC(N)C(=O)N1CCC[C@H](O)C1. The van der Waals surface area contributed by atoms with E-state index in [2.05, 4.69) is 0 Å². The third kappa shape index (κ3) is 4.08. The Balaban J connectivity index is 2.31. The number of β-amino-alcohol motifs (C(OH)–C–C–N with tert-alkyl or cyclic N) is 1. The van der Waals surface area contributed by atoms with Crippen LogP contribution in [0.1, 0.15) is 25.7 Å². The molecule has 3 N–H and O–H groups in total. The van der Waals surface area contributed by atoms with Crippen LogP contribution in [0.2, 0.25) is 0 Å². The van der Waals surface area contributed by atoms with Gasteiger partial charge in [0.05, 0.1) is 12.1 Å². The summed E-state index contributed by atoms with van der Waals surface area (Å²) in [6.07, 6.45) is 2.68. The largest absolute Gasteiger partial charge is 0.391 e. The Labute approximate surface area is 96.6 Å². The van der Waals surface area contributed by atoms with Gasteiger partial charge < -0.3 is 20.5 Å². The molecule has 0 aromatic heterocycles. The maximum atomic E-state index is 11.9. The summed E-state index contributed by atoms with van der Waals surface area (Å²) in [5, 5.41) is 9.47. The smallest absolute Gasteiger partial charge is 0.239 e. The molecule has 1 heterocycles. The molecule has 1 fully saturated rings. The topological polar surface area (TPSA) is 75.8 Å². The van der Waals surface area contributed by atoms with Gasteiger partial charge in [-0.15, -0.1) is 0 Å². The standard InChI is InChI=1S/C11H22N2O3/c1-16-7-3-5-10(12)11(15)13-6-2-4-9(14)8-13/h9-10,14H,2-8,12H2,1H3/t9-,10?/m0/s1. The van der Waals surface area contributed by atoms with Crippen LogP contribution in [-0.2, 0) is 9.53 Å². The summed E-state index contributed by atoms with van der Waals surface area (Å²) in [5.74, 6) is -0.0464. The van der Waals surface area contributed by atoms with E-state index in [-0.39, 0.29) is 12.0 Å². The second-order valence-electron chi connectivity index (χ2n) is 4.32. The molecule has 0 aromatic carbocycles. The number of piperidine rings is 1. The first kappa shape index (κ1) is 13.4. The molecule has 16 heavy (non-hydrogen) atoms. The van der Waals surface area contributed by atoms with Gasteiger partial charge in [-0.2, -0.15) is 0 Å². The summed E-state index contributed by atoms with van der Waals surface area (Å²) < 4.78 is 4.91. The summed E-state index contributed by atoms with van der Waals surface area (Å²) >= 11 is 0. The molecule has 0 aliphatic carbocycles. The molecule has 1 unspecified atom stereocenters. The van der Waals surface area contributed by atoms with Crippen LogP contribution in [0, 0.1) is 0 Å². The monoisotopic (exact) mass is 230 g/mol. The Bertz CT molecular complexity index is 223. The van der Waals surface area contributed by atoms with Gasteiger partial charge in [-0.25, -0.2) is 0 Å². The molecule has 0 bridgehead atoms. The molecule has 0 aromatic rings. The fraction of sp³-hybridized carbons (Fsp3) is 0.909. The van der Waals surface area contributed by atoms with Crippen molar-refractivity contribution in [1.29, 1.82) is 0 Å². The zero-order valence-electron chi connectivity index (χ0n) is 9.89. The fourth-order valence-electron chi connectivity index (χ4n) is 1.96. The van der Waals surface area contributed by atoms with Crippen LogP contribution in [0.5, 0.6) is 0 Å². The van der Waals surface area contributed by atoms with E-state index in [9.17, 15) is 9.90 Å². The number of methoxy groups -OCH3 is 1. The van der Waals surface area contributed by atoms with Crippen molar-refractivity contribution in [2.45, 2.75) is 37.8 Å². The van der Waals surface area contributed by atoms with Crippen molar-refractivity contribution in [2.75, 3.05) is 26.8 Å². The van der Waals surface area contributed by atoms with Gasteiger partial charge in [0.2, 0.25) is 5.91 Å². The molecule has 94 valence electrons. The number of hydrogen-bond donors (Lipinski definition) is 2. The molecule has 5 nitrogen and oxygen atoms in total. The first-order chi connectivity index (χ1) is 7.65. The minimum absolute atomic E-state index is 0.0464. The summed E-state index contributed by atoms with van der Waals surface area (Å²) in [4.78, 5) is 13.6. The number of ether oxygens (including phenoxy) is 1. The predicted octanol–water partition coefficient (Wildman–Crippen LogP) is -0.276. The van der Waals surface area contributed by atoms with Gasteiger partial charge in [-0.05, 0) is 25.7 Å². The lowest BCUT2D eigenvalue weighted by atomic mass is 10.1. The number of rotatable bonds is 5. The predicted molar refractivity (Wildman–Crippen MR) is 60.9 cm³/mol. The van der Waals surface area contributed by atoms with Gasteiger partial charge >= 0.3 is 0 Å². The lowest BCUT2D eigenvalue weighted by molar-refractivity contribution is -0.135. The van der Waals surface area contributed by atoms with Crippen LogP contribution in [0.3, 0.4) is 0 Å². The molecular weight excluding hydrogens is 208 g/mol. The summed E-state index contributed by atoms with van der Waals surface area (Å²) in [5.41, 5.74) is 5.81. The molecule has 1 amide bonds. The maximum Gasteiger partial charge on any atom is 0.239 e. The zero-order valence-corrected chi connectivity index (χ0v) is 9.89. The van der Waals surface area contributed by atoms with E-state index < -0.39 is 6.04 Å². The molecule has 5 heteroatoms. The Morgan fingerprint density at radius 3 is 3.06 bits per heavy atom. The van der Waals surface area contributed by atoms with E-state index in [4.69, 9.17) is 10.5 Å². The molecule has 0 spiro atoms. The van der Waals surface area contributed by atoms with Gasteiger partial charge in [0.15, 0.2) is 0 Å². The van der Waals surface area contributed by atoms with Crippen molar-refractivity contribution in [3.63, 3.8) is 0 Å². The second kappa shape index (κ2) is 6.83. The Kier molecular flexibility index (Phi) is 5.73. The van der Waals surface area contributed by atoms with Crippen LogP contribution in [-0.4, -0.2) is 54.9 Å². The molecule has 0 saturated carbocycles. The number of carbonyl (C=O) groups is 1. The van der Waals surface area contributed by atoms with Crippen LogP contribution in [0.15, 0.2) is 0 Å². The fourth-order valence-corrected chi connectivity index (χ4v) is 1.96. The molecule has 1 rings (SSSR count). The molecule has 0 radical (unpaired) electrons. The van der Waals surface area contributed by atoms with Crippen molar-refractivity contribution in [3.05, 3.63) is 0 Å². The second-order valence-corrected chi connectivity index (χ2v) is 4.32. The third-order valence-corrected chi connectivity index (χ3v) is 2.89. The first-order valence-corrected chi connectivity index (χ1v) is 5.86. The number of hydrogen-bond acceptors (Lipinski definition) is 4. The summed E-state index contributed by atoms with van der Waals surface area (Å²) in [6, 6.07) is -0.458. The molecule has 2 atom stereocenters. The third-order valence-electron chi connectivity index (χ3n) is 2.89. The molecule has 1 saturated heterocycles. The molecular formula is C11H22N2O3. The highest BCUT2D eigenvalue weighted by Crippen LogP contribution is 2.11. The van der Waals surface area contributed by atoms with Crippen molar-refractivity contribution in [1.82, 2.24) is 4.90 Å². The van der Waals surface area contributed by atoms with Crippen LogP contribution in [0.25, 0.3) is 0 Å². The van der Waals surface area contributed by atoms with Crippen LogP contribution in [0.4, 0.5) is 0 Å². The van der Waals surface area contributed by atoms with E-state index >= 15 is 0 Å². The van der Waals surface area contributed by atoms with Gasteiger partial charge in [0.1, 0.15) is 0 Å². The van der Waals surface area contributed by atoms with Gasteiger partial charge in [0.25, 0.3) is 0 Å². The summed E-state index contributed by atoms with van der Waals surface area (Å²) in [7, 11) is 1.63. The Morgan fingerprint density at radius 2 is 2.44 bits per heavy atom. The number of carbonyl (C=O) groups excluding carboxylic acids is 1. The summed E-state index contributed by atoms with van der Waals surface area (Å²) in [6.45, 7) is 1.77. The van der Waals surface area contributed by atoms with Gasteiger partial charge in [-0.3, -0.25) is 4.79 Å². The Hall–Kier alpha value is -0.650. The van der Waals surface area contributed by atoms with Crippen molar-refractivity contribution >= 4 is 5.91 Å². The highest BCUT2D eigenvalue weighted by Gasteiger charge is 2.25. The molecule has 1 aliphatic heterocycles. The van der Waals surface area contributed by atoms with E-state index in [0.29, 0.717) is 26.1 Å². The highest BCUT2D eigenvalue weighted by molar-refractivity contribution is 5.81. The number of nitrogens with zero attached hydrogens (tertiary/aromatic N) is 1. The molecule has 1 aliphatic rings. The first-order valence-electron chi connectivity index (χ1n) is 5.86. The quantitative estimate of drug-likeness (QED) is 0.637.